The number of halogens is 3. The molecule has 0 heterocycles. The van der Waals surface area contributed by atoms with Crippen LogP contribution in [0.3, 0.4) is 0 Å². The molecule has 0 bridgehead atoms. The van der Waals surface area contributed by atoms with Crippen LogP contribution in [0.25, 0.3) is 0 Å². The van der Waals surface area contributed by atoms with Gasteiger partial charge in [-0.2, -0.15) is 13.2 Å². The summed E-state index contributed by atoms with van der Waals surface area (Å²) in [6, 6.07) is 9.73. The Labute approximate surface area is 126 Å². The molecule has 0 aliphatic carbocycles. The third-order valence-corrected chi connectivity index (χ3v) is 3.39. The number of methoxy groups -OCH3 is 1. The fourth-order valence-electron chi connectivity index (χ4n) is 2.23. The molecule has 0 spiro atoms. The van der Waals surface area contributed by atoms with Crippen LogP contribution in [0.1, 0.15) is 34.0 Å². The van der Waals surface area contributed by atoms with Crippen molar-refractivity contribution in [3.05, 3.63) is 64.7 Å². The van der Waals surface area contributed by atoms with Gasteiger partial charge in [0.25, 0.3) is 0 Å². The molecule has 2 nitrogen and oxygen atoms in total. The van der Waals surface area contributed by atoms with Crippen molar-refractivity contribution in [1.29, 1.82) is 0 Å². The molecule has 0 unspecified atom stereocenters. The molecule has 0 N–H and O–H groups in total. The summed E-state index contributed by atoms with van der Waals surface area (Å²) >= 11 is 0. The van der Waals surface area contributed by atoms with Gasteiger partial charge in [0, 0.05) is 5.56 Å². The molecule has 116 valence electrons. The van der Waals surface area contributed by atoms with E-state index in [4.69, 9.17) is 4.74 Å². The average molecular weight is 308 g/mol. The van der Waals surface area contributed by atoms with Gasteiger partial charge < -0.3 is 4.74 Å². The third kappa shape index (κ3) is 3.13. The van der Waals surface area contributed by atoms with Crippen molar-refractivity contribution in [2.24, 2.45) is 0 Å². The SMILES string of the molecule is CCc1ccc(OC)c(C(=O)c2ccccc2C(F)(F)F)c1. The van der Waals surface area contributed by atoms with Gasteiger partial charge in [0.15, 0.2) is 5.78 Å². The predicted molar refractivity (Wildman–Crippen MR) is 77.2 cm³/mol. The first kappa shape index (κ1) is 16.1. The van der Waals surface area contributed by atoms with E-state index in [1.165, 1.54) is 25.3 Å². The summed E-state index contributed by atoms with van der Waals surface area (Å²) in [5.41, 5.74) is -0.322. The summed E-state index contributed by atoms with van der Waals surface area (Å²) < 4.78 is 44.3. The maximum Gasteiger partial charge on any atom is 0.417 e. The summed E-state index contributed by atoms with van der Waals surface area (Å²) in [6.07, 6.45) is -3.91. The number of aryl methyl sites for hydroxylation is 1. The molecule has 0 aliphatic heterocycles. The van der Waals surface area contributed by atoms with Gasteiger partial charge in [0.2, 0.25) is 0 Å². The minimum Gasteiger partial charge on any atom is -0.496 e. The molecule has 0 amide bonds. The van der Waals surface area contributed by atoms with E-state index in [1.54, 1.807) is 18.2 Å². The van der Waals surface area contributed by atoms with E-state index in [2.05, 4.69) is 0 Å². The molecule has 5 heteroatoms. The number of carbonyl (C=O) groups is 1. The molecule has 2 aromatic rings. The molecule has 2 rings (SSSR count). The molecule has 0 radical (unpaired) electrons. The van der Waals surface area contributed by atoms with Crippen LogP contribution in [0.15, 0.2) is 42.5 Å². The Bertz CT molecular complexity index is 691. The second kappa shape index (κ2) is 6.22. The first-order chi connectivity index (χ1) is 10.4. The highest BCUT2D eigenvalue weighted by molar-refractivity contribution is 6.11. The summed E-state index contributed by atoms with van der Waals surface area (Å²) in [5, 5.41) is 0. The molecule has 2 aromatic carbocycles. The summed E-state index contributed by atoms with van der Waals surface area (Å²) in [5.74, 6) is -0.431. The van der Waals surface area contributed by atoms with Gasteiger partial charge in [0.05, 0.1) is 18.2 Å². The van der Waals surface area contributed by atoms with E-state index in [0.29, 0.717) is 6.42 Å². The van der Waals surface area contributed by atoms with Gasteiger partial charge >= 0.3 is 6.18 Å². The number of rotatable bonds is 4. The zero-order valence-corrected chi connectivity index (χ0v) is 12.2. The van der Waals surface area contributed by atoms with Crippen molar-refractivity contribution in [1.82, 2.24) is 0 Å². The number of hydrogen-bond donors (Lipinski definition) is 0. The number of alkyl halides is 3. The van der Waals surface area contributed by atoms with Crippen LogP contribution in [-0.2, 0) is 12.6 Å². The van der Waals surface area contributed by atoms with Crippen molar-refractivity contribution < 1.29 is 22.7 Å². The monoisotopic (exact) mass is 308 g/mol. The zero-order valence-electron chi connectivity index (χ0n) is 12.2. The topological polar surface area (TPSA) is 26.3 Å². The van der Waals surface area contributed by atoms with Crippen LogP contribution in [0.2, 0.25) is 0 Å². The van der Waals surface area contributed by atoms with Crippen molar-refractivity contribution in [2.45, 2.75) is 19.5 Å². The third-order valence-electron chi connectivity index (χ3n) is 3.39. The summed E-state index contributed by atoms with van der Waals surface area (Å²) in [7, 11) is 1.38. The summed E-state index contributed by atoms with van der Waals surface area (Å²) in [6.45, 7) is 1.90. The fraction of sp³-hybridized carbons (Fsp3) is 0.235. The molecule has 0 fully saturated rings. The van der Waals surface area contributed by atoms with Crippen LogP contribution >= 0.6 is 0 Å². The number of ether oxygens (including phenoxy) is 1. The van der Waals surface area contributed by atoms with Crippen molar-refractivity contribution in [2.75, 3.05) is 7.11 Å². The number of benzene rings is 2. The van der Waals surface area contributed by atoms with E-state index in [9.17, 15) is 18.0 Å². The molecule has 0 saturated heterocycles. The van der Waals surface area contributed by atoms with Gasteiger partial charge in [-0.05, 0) is 30.2 Å². The fourth-order valence-corrected chi connectivity index (χ4v) is 2.23. The van der Waals surface area contributed by atoms with Gasteiger partial charge in [-0.1, -0.05) is 31.2 Å². The van der Waals surface area contributed by atoms with Gasteiger partial charge in [-0.15, -0.1) is 0 Å². The van der Waals surface area contributed by atoms with Crippen LogP contribution < -0.4 is 4.74 Å². The van der Waals surface area contributed by atoms with Crippen LogP contribution in [0.5, 0.6) is 5.75 Å². The van der Waals surface area contributed by atoms with Gasteiger partial charge in [-0.25, -0.2) is 0 Å². The Hall–Kier alpha value is -2.30. The Morgan fingerprint density at radius 2 is 1.77 bits per heavy atom. The van der Waals surface area contributed by atoms with Crippen LogP contribution in [0, 0.1) is 0 Å². The molecule has 22 heavy (non-hydrogen) atoms. The Balaban J connectivity index is 2.58. The molecular weight excluding hydrogens is 293 g/mol. The average Bonchev–Trinajstić information content (AvgIpc) is 2.52. The lowest BCUT2D eigenvalue weighted by Crippen LogP contribution is -2.14. The second-order valence-electron chi connectivity index (χ2n) is 4.76. The van der Waals surface area contributed by atoms with Crippen LogP contribution in [0.4, 0.5) is 13.2 Å². The summed E-state index contributed by atoms with van der Waals surface area (Å²) in [4.78, 5) is 12.6. The lowest BCUT2D eigenvalue weighted by molar-refractivity contribution is -0.137. The zero-order chi connectivity index (χ0) is 16.3. The quantitative estimate of drug-likeness (QED) is 0.777. The first-order valence-electron chi connectivity index (χ1n) is 6.76. The van der Waals surface area contributed by atoms with Crippen LogP contribution in [-0.4, -0.2) is 12.9 Å². The lowest BCUT2D eigenvalue weighted by atomic mass is 9.95. The number of ketones is 1. The minimum absolute atomic E-state index is 0.138. The maximum absolute atomic E-state index is 13.1. The van der Waals surface area contributed by atoms with E-state index < -0.39 is 17.5 Å². The second-order valence-corrected chi connectivity index (χ2v) is 4.76. The molecule has 0 saturated carbocycles. The minimum atomic E-state index is -4.58. The highest BCUT2D eigenvalue weighted by atomic mass is 19.4. The Kier molecular flexibility index (Phi) is 4.54. The molecular formula is C17H15F3O2. The Morgan fingerprint density at radius 3 is 2.36 bits per heavy atom. The normalized spacial score (nSPS) is 11.3. The van der Waals surface area contributed by atoms with E-state index in [1.807, 2.05) is 6.92 Å². The maximum atomic E-state index is 13.1. The molecule has 0 aliphatic rings. The Morgan fingerprint density at radius 1 is 1.09 bits per heavy atom. The van der Waals surface area contributed by atoms with E-state index >= 15 is 0 Å². The first-order valence-corrected chi connectivity index (χ1v) is 6.76. The molecule has 0 atom stereocenters. The standard InChI is InChI=1S/C17H15F3O2/c1-3-11-8-9-15(22-2)13(10-11)16(21)12-6-4-5-7-14(12)17(18,19)20/h4-10H,3H2,1-2H3. The highest BCUT2D eigenvalue weighted by Gasteiger charge is 2.35. The van der Waals surface area contributed by atoms with Gasteiger partial charge in [-0.3, -0.25) is 4.79 Å². The lowest BCUT2D eigenvalue weighted by Gasteiger charge is -2.14. The largest absolute Gasteiger partial charge is 0.496 e. The van der Waals surface area contributed by atoms with Crippen molar-refractivity contribution in [3.8, 4) is 5.75 Å². The molecule has 0 aromatic heterocycles. The van der Waals surface area contributed by atoms with E-state index in [0.717, 1.165) is 11.6 Å². The van der Waals surface area contributed by atoms with Crippen molar-refractivity contribution >= 4 is 5.78 Å². The number of hydrogen-bond acceptors (Lipinski definition) is 2. The highest BCUT2D eigenvalue weighted by Crippen LogP contribution is 2.34. The number of carbonyl (C=O) groups excluding carboxylic acids is 1. The smallest absolute Gasteiger partial charge is 0.417 e. The van der Waals surface area contributed by atoms with E-state index in [-0.39, 0.29) is 16.9 Å². The van der Waals surface area contributed by atoms with Crippen molar-refractivity contribution in [3.63, 3.8) is 0 Å². The predicted octanol–water partition coefficient (Wildman–Crippen LogP) is 4.51. The van der Waals surface area contributed by atoms with Gasteiger partial charge in [0.1, 0.15) is 5.75 Å².